The molecule has 0 atom stereocenters. The minimum Gasteiger partial charge on any atom is -0.356 e. The molecule has 1 N–H and O–H groups in total. The zero-order chi connectivity index (χ0) is 20.3. The average Bonchev–Trinajstić information content (AvgIpc) is 3.14. The highest BCUT2D eigenvalue weighted by Gasteiger charge is 2.30. The van der Waals surface area contributed by atoms with E-state index in [4.69, 9.17) is 0 Å². The normalized spacial score (nSPS) is 13.9. The van der Waals surface area contributed by atoms with E-state index in [2.05, 4.69) is 39.1 Å². The summed E-state index contributed by atoms with van der Waals surface area (Å²) in [6.45, 7) is 1.95. The molecule has 4 aromatic rings. The Kier molecular flexibility index (Phi) is 4.99. The van der Waals surface area contributed by atoms with Gasteiger partial charge in [0.15, 0.2) is 5.78 Å². The lowest BCUT2D eigenvalue weighted by Crippen LogP contribution is -2.34. The van der Waals surface area contributed by atoms with Gasteiger partial charge in [-0.3, -0.25) is 14.7 Å². The summed E-state index contributed by atoms with van der Waals surface area (Å²) in [5, 5.41) is 0. The molecule has 0 saturated heterocycles. The monoisotopic (exact) mass is 393 g/mol. The third kappa shape index (κ3) is 3.70. The Labute approximate surface area is 176 Å². The largest absolute Gasteiger partial charge is 0.356 e. The Morgan fingerprint density at radius 3 is 2.20 bits per heavy atom. The summed E-state index contributed by atoms with van der Waals surface area (Å²) in [4.78, 5) is 23.2. The Hall–Kier alpha value is -3.50. The maximum atomic E-state index is 13.3. The molecule has 4 nitrogen and oxygen atoms in total. The number of benzene rings is 2. The maximum absolute atomic E-state index is 13.3. The lowest BCUT2D eigenvalue weighted by atomic mass is 9.93. The number of aromatic nitrogens is 2. The molecule has 4 heteroatoms. The van der Waals surface area contributed by atoms with Crippen LogP contribution in [0.25, 0.3) is 11.3 Å². The lowest BCUT2D eigenvalue weighted by Gasteiger charge is -2.26. The van der Waals surface area contributed by atoms with Crippen LogP contribution >= 0.6 is 0 Å². The highest BCUT2D eigenvalue weighted by atomic mass is 16.1. The SMILES string of the molecule is O=C1CN(Cc2ccccc2)Cc2[nH]c(-c3ccncc3)c(Cc3ccccc3)c21. The van der Waals surface area contributed by atoms with Gasteiger partial charge in [-0.15, -0.1) is 0 Å². The van der Waals surface area contributed by atoms with Gasteiger partial charge in [-0.2, -0.15) is 0 Å². The number of hydrogen-bond donors (Lipinski definition) is 1. The number of carbonyl (C=O) groups excluding carboxylic acids is 1. The van der Waals surface area contributed by atoms with Gasteiger partial charge in [0, 0.05) is 48.7 Å². The number of Topliss-reactive ketones (excluding diaryl/α,β-unsaturated/α-hetero) is 1. The first kappa shape index (κ1) is 18.5. The van der Waals surface area contributed by atoms with Crippen molar-refractivity contribution in [2.24, 2.45) is 0 Å². The van der Waals surface area contributed by atoms with Gasteiger partial charge in [-0.25, -0.2) is 0 Å². The van der Waals surface area contributed by atoms with Gasteiger partial charge in [0.2, 0.25) is 0 Å². The first-order valence-electron chi connectivity index (χ1n) is 10.3. The Morgan fingerprint density at radius 1 is 0.833 bits per heavy atom. The van der Waals surface area contributed by atoms with Crippen LogP contribution in [0.15, 0.2) is 85.2 Å². The summed E-state index contributed by atoms with van der Waals surface area (Å²) in [6, 6.07) is 24.7. The molecular formula is C26H23N3O. The number of nitrogens with zero attached hydrogens (tertiary/aromatic N) is 2. The molecule has 0 radical (unpaired) electrons. The second kappa shape index (κ2) is 8.09. The highest BCUT2D eigenvalue weighted by molar-refractivity contribution is 6.02. The number of ketones is 1. The number of aromatic amines is 1. The van der Waals surface area contributed by atoms with Crippen molar-refractivity contribution >= 4 is 5.78 Å². The third-order valence-corrected chi connectivity index (χ3v) is 5.65. The van der Waals surface area contributed by atoms with E-state index in [0.717, 1.165) is 47.6 Å². The fourth-order valence-corrected chi connectivity index (χ4v) is 4.31. The van der Waals surface area contributed by atoms with E-state index in [1.165, 1.54) is 11.1 Å². The predicted molar refractivity (Wildman–Crippen MR) is 118 cm³/mol. The van der Waals surface area contributed by atoms with Crippen molar-refractivity contribution in [1.29, 1.82) is 0 Å². The highest BCUT2D eigenvalue weighted by Crippen LogP contribution is 2.33. The molecular weight excluding hydrogens is 370 g/mol. The van der Waals surface area contributed by atoms with E-state index >= 15 is 0 Å². The van der Waals surface area contributed by atoms with E-state index in [1.807, 2.05) is 48.5 Å². The zero-order valence-electron chi connectivity index (χ0n) is 16.7. The van der Waals surface area contributed by atoms with Crippen LogP contribution in [0.1, 0.15) is 32.7 Å². The van der Waals surface area contributed by atoms with E-state index in [1.54, 1.807) is 12.4 Å². The van der Waals surface area contributed by atoms with E-state index in [-0.39, 0.29) is 5.78 Å². The molecule has 0 unspecified atom stereocenters. The molecule has 5 rings (SSSR count). The van der Waals surface area contributed by atoms with E-state index in [0.29, 0.717) is 6.54 Å². The topological polar surface area (TPSA) is 49.0 Å². The van der Waals surface area contributed by atoms with Crippen molar-refractivity contribution in [3.05, 3.63) is 113 Å². The molecule has 0 aliphatic carbocycles. The average molecular weight is 393 g/mol. The summed E-state index contributed by atoms with van der Waals surface area (Å²) in [5.74, 6) is 0.190. The molecule has 148 valence electrons. The molecule has 3 heterocycles. The lowest BCUT2D eigenvalue weighted by molar-refractivity contribution is 0.0892. The summed E-state index contributed by atoms with van der Waals surface area (Å²) in [5.41, 5.74) is 7.49. The number of hydrogen-bond acceptors (Lipinski definition) is 3. The molecule has 0 saturated carbocycles. The second-order valence-corrected chi connectivity index (χ2v) is 7.78. The van der Waals surface area contributed by atoms with Gasteiger partial charge in [0.05, 0.1) is 12.2 Å². The minimum absolute atomic E-state index is 0.190. The summed E-state index contributed by atoms with van der Waals surface area (Å²) in [7, 11) is 0. The molecule has 1 aliphatic heterocycles. The van der Waals surface area contributed by atoms with Crippen molar-refractivity contribution in [3.63, 3.8) is 0 Å². The number of H-pyrrole nitrogens is 1. The molecule has 30 heavy (non-hydrogen) atoms. The van der Waals surface area contributed by atoms with Crippen molar-refractivity contribution < 1.29 is 4.79 Å². The standard InChI is InChI=1S/C26H23N3O/c30-24-18-29(16-20-9-5-2-6-10-20)17-23-25(24)22(15-19-7-3-1-4-8-19)26(28-23)21-11-13-27-14-12-21/h1-14,28H,15-18H2. The molecule has 2 aromatic carbocycles. The number of carbonyl (C=O) groups is 1. The van der Waals surface area contributed by atoms with Crippen molar-refractivity contribution in [1.82, 2.24) is 14.9 Å². The molecule has 1 aliphatic rings. The van der Waals surface area contributed by atoms with Crippen molar-refractivity contribution in [2.75, 3.05) is 6.54 Å². The number of rotatable bonds is 5. The first-order valence-corrected chi connectivity index (χ1v) is 10.3. The van der Waals surface area contributed by atoms with Crippen LogP contribution in [0.3, 0.4) is 0 Å². The van der Waals surface area contributed by atoms with E-state index in [9.17, 15) is 4.79 Å². The Morgan fingerprint density at radius 2 is 1.50 bits per heavy atom. The smallest absolute Gasteiger partial charge is 0.179 e. The maximum Gasteiger partial charge on any atom is 0.179 e. The zero-order valence-corrected chi connectivity index (χ0v) is 16.7. The number of fused-ring (bicyclic) bond motifs is 1. The summed E-state index contributed by atoms with van der Waals surface area (Å²) >= 11 is 0. The van der Waals surface area contributed by atoms with Crippen LogP contribution in [0.5, 0.6) is 0 Å². The molecule has 2 aromatic heterocycles. The van der Waals surface area contributed by atoms with Crippen molar-refractivity contribution in [3.8, 4) is 11.3 Å². The van der Waals surface area contributed by atoms with Crippen LogP contribution in [0.2, 0.25) is 0 Å². The molecule has 0 amide bonds. The van der Waals surface area contributed by atoms with Crippen molar-refractivity contribution in [2.45, 2.75) is 19.5 Å². The quantitative estimate of drug-likeness (QED) is 0.526. The van der Waals surface area contributed by atoms with Crippen LogP contribution in [-0.2, 0) is 19.5 Å². The fraction of sp³-hybridized carbons (Fsp3) is 0.154. The molecule has 0 bridgehead atoms. The van der Waals surface area contributed by atoms with Crippen LogP contribution in [-0.4, -0.2) is 27.2 Å². The Bertz CT molecular complexity index is 1150. The second-order valence-electron chi connectivity index (χ2n) is 7.78. The van der Waals surface area contributed by atoms with Gasteiger partial charge in [0.25, 0.3) is 0 Å². The van der Waals surface area contributed by atoms with Gasteiger partial charge in [0.1, 0.15) is 0 Å². The predicted octanol–water partition coefficient (Wildman–Crippen LogP) is 4.87. The van der Waals surface area contributed by atoms with Crippen LogP contribution in [0, 0.1) is 0 Å². The van der Waals surface area contributed by atoms with Gasteiger partial charge < -0.3 is 4.98 Å². The van der Waals surface area contributed by atoms with Gasteiger partial charge >= 0.3 is 0 Å². The number of pyridine rings is 1. The van der Waals surface area contributed by atoms with Crippen LogP contribution in [0.4, 0.5) is 0 Å². The number of nitrogens with one attached hydrogen (secondary N) is 1. The Balaban J connectivity index is 1.53. The molecule has 0 fully saturated rings. The van der Waals surface area contributed by atoms with Crippen LogP contribution < -0.4 is 0 Å². The van der Waals surface area contributed by atoms with E-state index < -0.39 is 0 Å². The third-order valence-electron chi connectivity index (χ3n) is 5.65. The van der Waals surface area contributed by atoms with Gasteiger partial charge in [-0.1, -0.05) is 60.7 Å². The molecule has 0 spiro atoms. The fourth-order valence-electron chi connectivity index (χ4n) is 4.31. The minimum atomic E-state index is 0.190. The first-order chi connectivity index (χ1) is 14.8. The summed E-state index contributed by atoms with van der Waals surface area (Å²) < 4.78 is 0. The van der Waals surface area contributed by atoms with Gasteiger partial charge in [-0.05, 0) is 28.8 Å². The summed E-state index contributed by atoms with van der Waals surface area (Å²) in [6.07, 6.45) is 4.32.